The smallest absolute Gasteiger partial charge is 0.314 e. The molecule has 4 rings (SSSR count). The molecule has 3 aromatic rings. The highest BCUT2D eigenvalue weighted by Crippen LogP contribution is 2.37. The number of ether oxygens (including phenoxy) is 1. The summed E-state index contributed by atoms with van der Waals surface area (Å²) in [6.07, 6.45) is 1.51. The largest absolute Gasteiger partial charge is 0.500 e. The molecule has 2 aromatic carbocycles. The van der Waals surface area contributed by atoms with Gasteiger partial charge in [-0.3, -0.25) is 19.6 Å². The Kier molecular flexibility index (Phi) is 6.59. The third-order valence-corrected chi connectivity index (χ3v) is 6.44. The lowest BCUT2D eigenvalue weighted by Crippen LogP contribution is -2.38. The van der Waals surface area contributed by atoms with Crippen molar-refractivity contribution in [2.45, 2.75) is 37.2 Å². The molecule has 1 saturated heterocycles. The normalized spacial score (nSPS) is 15.5. The van der Waals surface area contributed by atoms with Crippen LogP contribution in [-0.2, 0) is 16.7 Å². The molecule has 0 atom stereocenters. The van der Waals surface area contributed by atoms with Crippen LogP contribution in [0, 0.1) is 10.1 Å². The van der Waals surface area contributed by atoms with Gasteiger partial charge in [0.2, 0.25) is 5.75 Å². The summed E-state index contributed by atoms with van der Waals surface area (Å²) in [6.45, 7) is 3.90. The number of piperidine rings is 1. The van der Waals surface area contributed by atoms with Gasteiger partial charge in [-0.2, -0.15) is 13.4 Å². The molecule has 3 N–H and O–H groups in total. The second-order valence-corrected chi connectivity index (χ2v) is 9.39. The molecule has 12 nitrogen and oxygen atoms in total. The Morgan fingerprint density at radius 3 is 2.68 bits per heavy atom. The number of likely N-dealkylation sites (tertiary alicyclic amines) is 1. The zero-order chi connectivity index (χ0) is 24.5. The molecule has 0 unspecified atom stereocenters. The van der Waals surface area contributed by atoms with Gasteiger partial charge in [0.1, 0.15) is 5.52 Å². The van der Waals surface area contributed by atoms with Gasteiger partial charge in [0, 0.05) is 31.7 Å². The molecule has 13 heteroatoms. The molecule has 182 valence electrons. The fraction of sp³-hybridized carbons (Fsp3) is 0.381. The first-order valence-electron chi connectivity index (χ1n) is 10.6. The molecule has 1 aromatic heterocycles. The van der Waals surface area contributed by atoms with Crippen LogP contribution in [0.15, 0.2) is 39.6 Å². The topological polar surface area (TPSA) is 168 Å². The maximum Gasteiger partial charge on any atom is 0.314 e. The molecule has 0 radical (unpaired) electrons. The van der Waals surface area contributed by atoms with Crippen LogP contribution < -0.4 is 10.1 Å². The highest BCUT2D eigenvalue weighted by molar-refractivity contribution is 7.85. The number of benzene rings is 2. The predicted molar refractivity (Wildman–Crippen MR) is 122 cm³/mol. The summed E-state index contributed by atoms with van der Waals surface area (Å²) >= 11 is 0. The molecule has 1 fully saturated rings. The van der Waals surface area contributed by atoms with Crippen LogP contribution in [0.25, 0.3) is 11.1 Å². The second kappa shape index (κ2) is 9.44. The van der Waals surface area contributed by atoms with Crippen LogP contribution in [0.3, 0.4) is 0 Å². The van der Waals surface area contributed by atoms with Crippen LogP contribution in [0.4, 0.5) is 11.7 Å². The minimum Gasteiger partial charge on any atom is -0.500 e. The van der Waals surface area contributed by atoms with Gasteiger partial charge in [0.25, 0.3) is 16.1 Å². The summed E-state index contributed by atoms with van der Waals surface area (Å²) in [5.74, 6) is -0.378. The zero-order valence-electron chi connectivity index (χ0n) is 18.3. The van der Waals surface area contributed by atoms with Gasteiger partial charge in [-0.15, -0.1) is 0 Å². The minimum atomic E-state index is -4.33. The molecule has 0 aliphatic carbocycles. The molecular formula is C21H24N4O8S. The van der Waals surface area contributed by atoms with E-state index in [1.165, 1.54) is 24.3 Å². The number of nitro groups is 1. The van der Waals surface area contributed by atoms with Crippen molar-refractivity contribution in [3.05, 3.63) is 46.0 Å². The van der Waals surface area contributed by atoms with Crippen molar-refractivity contribution in [2.24, 2.45) is 0 Å². The van der Waals surface area contributed by atoms with Crippen molar-refractivity contribution in [2.75, 3.05) is 25.0 Å². The Labute approximate surface area is 195 Å². The van der Waals surface area contributed by atoms with E-state index in [0.29, 0.717) is 36.3 Å². The summed E-state index contributed by atoms with van der Waals surface area (Å²) < 4.78 is 42.8. The summed E-state index contributed by atoms with van der Waals surface area (Å²) in [5.41, 5.74) is 0.999. The standard InChI is InChI=1S/C21H24N4O8S/c1-2-32-19-10-13(9-17(20(19)26)25(27)28)12-24-7-5-14(6-8-24)22-21-23-16-11-15(34(29,30)31)3-4-18(16)33-21/h3-4,9-11,14,26H,2,5-8,12H2,1H3,(H,22,23)(H,29,30,31). The lowest BCUT2D eigenvalue weighted by molar-refractivity contribution is -0.386. The van der Waals surface area contributed by atoms with E-state index in [1.54, 1.807) is 13.0 Å². The first-order valence-corrected chi connectivity index (χ1v) is 12.1. The van der Waals surface area contributed by atoms with E-state index in [1.807, 2.05) is 0 Å². The van der Waals surface area contributed by atoms with E-state index >= 15 is 0 Å². The number of phenolic OH excluding ortho intramolecular Hbond substituents is 1. The number of nitrogens with zero attached hydrogens (tertiary/aromatic N) is 3. The van der Waals surface area contributed by atoms with Crippen molar-refractivity contribution in [1.82, 2.24) is 9.88 Å². The second-order valence-electron chi connectivity index (χ2n) is 7.97. The van der Waals surface area contributed by atoms with Crippen molar-refractivity contribution in [3.8, 4) is 11.5 Å². The van der Waals surface area contributed by atoms with Gasteiger partial charge in [-0.1, -0.05) is 0 Å². The maximum atomic E-state index is 11.3. The van der Waals surface area contributed by atoms with E-state index in [0.717, 1.165) is 12.8 Å². The Morgan fingerprint density at radius 1 is 1.29 bits per heavy atom. The Balaban J connectivity index is 1.39. The maximum absolute atomic E-state index is 11.3. The molecule has 1 aliphatic heterocycles. The molecule has 0 spiro atoms. The predicted octanol–water partition coefficient (Wildman–Crippen LogP) is 3.16. The van der Waals surface area contributed by atoms with E-state index in [9.17, 15) is 28.2 Å². The Bertz CT molecular complexity index is 1320. The van der Waals surface area contributed by atoms with Crippen LogP contribution >= 0.6 is 0 Å². The fourth-order valence-corrected chi connectivity index (χ4v) is 4.44. The number of anilines is 1. The number of fused-ring (bicyclic) bond motifs is 1. The van der Waals surface area contributed by atoms with E-state index in [-0.39, 0.29) is 35.0 Å². The number of oxazole rings is 1. The van der Waals surface area contributed by atoms with Gasteiger partial charge in [-0.05, 0) is 49.6 Å². The first-order chi connectivity index (χ1) is 16.1. The van der Waals surface area contributed by atoms with Gasteiger partial charge < -0.3 is 19.6 Å². The number of nitro benzene ring substituents is 1. The molecule has 0 amide bonds. The Morgan fingerprint density at radius 2 is 2.03 bits per heavy atom. The van der Waals surface area contributed by atoms with Crippen LogP contribution in [-0.4, -0.2) is 58.6 Å². The SMILES string of the molecule is CCOc1cc(CN2CCC(Nc3nc4cc(S(=O)(=O)O)ccc4o3)CC2)cc([N+](=O)[O-])c1O. The quantitative estimate of drug-likeness (QED) is 0.240. The molecule has 1 aliphatic rings. The van der Waals surface area contributed by atoms with Crippen molar-refractivity contribution >= 4 is 32.9 Å². The number of aromatic nitrogens is 1. The third kappa shape index (κ3) is 5.21. The van der Waals surface area contributed by atoms with Crippen LogP contribution in [0.1, 0.15) is 25.3 Å². The van der Waals surface area contributed by atoms with Gasteiger partial charge in [-0.25, -0.2) is 0 Å². The van der Waals surface area contributed by atoms with E-state index < -0.39 is 20.8 Å². The highest BCUT2D eigenvalue weighted by atomic mass is 32.2. The number of phenols is 1. The summed E-state index contributed by atoms with van der Waals surface area (Å²) in [7, 11) is -4.33. The van der Waals surface area contributed by atoms with Crippen molar-refractivity contribution in [1.29, 1.82) is 0 Å². The van der Waals surface area contributed by atoms with Crippen LogP contribution in [0.2, 0.25) is 0 Å². The fourth-order valence-electron chi connectivity index (χ4n) is 3.94. The third-order valence-electron chi connectivity index (χ3n) is 5.59. The molecule has 0 saturated carbocycles. The van der Waals surface area contributed by atoms with E-state index in [4.69, 9.17) is 9.15 Å². The van der Waals surface area contributed by atoms with Gasteiger partial charge in [0.05, 0.1) is 16.4 Å². The lowest BCUT2D eigenvalue weighted by atomic mass is 10.0. The molecule has 0 bridgehead atoms. The summed E-state index contributed by atoms with van der Waals surface area (Å²) in [6, 6.07) is 7.24. The Hall–Kier alpha value is -3.42. The summed E-state index contributed by atoms with van der Waals surface area (Å²) in [4.78, 5) is 16.8. The molecule has 2 heterocycles. The van der Waals surface area contributed by atoms with Crippen molar-refractivity contribution < 1.29 is 32.2 Å². The average molecular weight is 493 g/mol. The van der Waals surface area contributed by atoms with Crippen molar-refractivity contribution in [3.63, 3.8) is 0 Å². The van der Waals surface area contributed by atoms with Crippen LogP contribution in [0.5, 0.6) is 11.5 Å². The number of nitrogens with one attached hydrogen (secondary N) is 1. The molecule has 34 heavy (non-hydrogen) atoms. The lowest BCUT2D eigenvalue weighted by Gasteiger charge is -2.32. The zero-order valence-corrected chi connectivity index (χ0v) is 19.1. The van der Waals surface area contributed by atoms with Gasteiger partial charge in [0.15, 0.2) is 11.3 Å². The molecular weight excluding hydrogens is 468 g/mol. The van der Waals surface area contributed by atoms with E-state index in [2.05, 4.69) is 15.2 Å². The average Bonchev–Trinajstić information content (AvgIpc) is 3.18. The first kappa shape index (κ1) is 23.7. The number of aromatic hydroxyl groups is 1. The monoisotopic (exact) mass is 492 g/mol. The minimum absolute atomic E-state index is 0.0681. The van der Waals surface area contributed by atoms with Gasteiger partial charge >= 0.3 is 5.69 Å². The number of hydrogen-bond acceptors (Lipinski definition) is 10. The highest BCUT2D eigenvalue weighted by Gasteiger charge is 2.24. The number of rotatable bonds is 8. The number of hydrogen-bond donors (Lipinski definition) is 3. The summed E-state index contributed by atoms with van der Waals surface area (Å²) in [5, 5.41) is 24.6.